The van der Waals surface area contributed by atoms with E-state index in [0.717, 1.165) is 38.2 Å². The molecule has 0 amide bonds. The Balaban J connectivity index is 1.27. The lowest BCUT2D eigenvalue weighted by Crippen LogP contribution is -2.34. The molecule has 0 bridgehead atoms. The minimum Gasteiger partial charge on any atom is -0.226 e. The quantitative estimate of drug-likeness (QED) is 0.180. The molecule has 0 spiro atoms. The van der Waals surface area contributed by atoms with Gasteiger partial charge in [-0.05, 0) is 51.6 Å². The van der Waals surface area contributed by atoms with Crippen molar-refractivity contribution in [3.63, 3.8) is 0 Å². The van der Waals surface area contributed by atoms with Crippen molar-refractivity contribution in [3.8, 4) is 33.8 Å². The Labute approximate surface area is 305 Å². The molecule has 0 unspecified atom stereocenters. The van der Waals surface area contributed by atoms with Crippen LogP contribution in [0.1, 0.15) is 22.3 Å². The zero-order valence-electron chi connectivity index (χ0n) is 27.5. The maximum Gasteiger partial charge on any atom is 0.161 e. The maximum atomic E-state index is 5.51. The first-order valence-electron chi connectivity index (χ1n) is 17.2. The van der Waals surface area contributed by atoms with E-state index < -0.39 is 5.41 Å². The summed E-state index contributed by atoms with van der Waals surface area (Å²) in [6, 6.07) is 65.5. The number of nitrogens with zero attached hydrogens (tertiary/aromatic N) is 2. The standard InChI is InChI=1S/C47H30N2S2/c1-4-16-31(17-5-1)32-18-14-19-33(30-32)42-45-43(36-24-10-12-28-40(36)50-45)49-46(48-42)37-25-15-27-39-44(37)51-41-29-13-11-26-38(41)47(39,34-20-6-2-7-21-34)35-22-8-3-9-23-35/h1-30H. The Morgan fingerprint density at radius 3 is 1.86 bits per heavy atom. The van der Waals surface area contributed by atoms with Crippen LogP contribution in [0.2, 0.25) is 0 Å². The molecule has 4 heteroatoms. The number of hydrogen-bond acceptors (Lipinski definition) is 4. The Bertz CT molecular complexity index is 2680. The molecule has 0 N–H and O–H groups in total. The highest BCUT2D eigenvalue weighted by molar-refractivity contribution is 7.99. The lowest BCUT2D eigenvalue weighted by atomic mass is 9.64. The molecular weight excluding hydrogens is 657 g/mol. The normalized spacial score (nSPS) is 13.2. The minimum atomic E-state index is -0.526. The van der Waals surface area contributed by atoms with Gasteiger partial charge < -0.3 is 0 Å². The van der Waals surface area contributed by atoms with E-state index in [0.29, 0.717) is 0 Å². The van der Waals surface area contributed by atoms with E-state index in [2.05, 4.69) is 182 Å². The molecular formula is C47H30N2S2. The fraction of sp³-hybridized carbons (Fsp3) is 0.0213. The molecule has 0 aliphatic carbocycles. The summed E-state index contributed by atoms with van der Waals surface area (Å²) in [5.74, 6) is 0.741. The third-order valence-electron chi connectivity index (χ3n) is 10.0. The van der Waals surface area contributed by atoms with Crippen LogP contribution in [0, 0.1) is 0 Å². The molecule has 1 aliphatic rings. The molecule has 51 heavy (non-hydrogen) atoms. The predicted octanol–water partition coefficient (Wildman–Crippen LogP) is 12.7. The average molecular weight is 687 g/mol. The maximum absolute atomic E-state index is 5.51. The van der Waals surface area contributed by atoms with Gasteiger partial charge in [0.25, 0.3) is 0 Å². The number of thiophene rings is 1. The summed E-state index contributed by atoms with van der Waals surface area (Å²) >= 11 is 3.60. The molecule has 1 aliphatic heterocycles. The Hall–Kier alpha value is -5.81. The van der Waals surface area contributed by atoms with Crippen molar-refractivity contribution in [1.82, 2.24) is 9.97 Å². The van der Waals surface area contributed by atoms with E-state index in [1.807, 2.05) is 11.8 Å². The van der Waals surface area contributed by atoms with E-state index in [9.17, 15) is 0 Å². The van der Waals surface area contributed by atoms with E-state index in [1.165, 1.54) is 47.9 Å². The topological polar surface area (TPSA) is 25.8 Å². The molecule has 2 aromatic heterocycles. The Morgan fingerprint density at radius 1 is 0.471 bits per heavy atom. The molecule has 2 nitrogen and oxygen atoms in total. The summed E-state index contributed by atoms with van der Waals surface area (Å²) in [6.07, 6.45) is 0. The second-order valence-electron chi connectivity index (χ2n) is 12.9. The molecule has 0 radical (unpaired) electrons. The highest BCUT2D eigenvalue weighted by Crippen LogP contribution is 2.57. The molecule has 0 saturated carbocycles. The van der Waals surface area contributed by atoms with Crippen LogP contribution in [-0.2, 0) is 5.41 Å². The summed E-state index contributed by atoms with van der Waals surface area (Å²) < 4.78 is 2.32. The van der Waals surface area contributed by atoms with Crippen LogP contribution < -0.4 is 0 Å². The van der Waals surface area contributed by atoms with E-state index in [4.69, 9.17) is 9.97 Å². The van der Waals surface area contributed by atoms with Crippen LogP contribution in [-0.4, -0.2) is 9.97 Å². The van der Waals surface area contributed by atoms with Crippen molar-refractivity contribution in [2.45, 2.75) is 15.2 Å². The lowest BCUT2D eigenvalue weighted by Gasteiger charge is -2.42. The van der Waals surface area contributed by atoms with Gasteiger partial charge in [0.05, 0.1) is 21.3 Å². The predicted molar refractivity (Wildman–Crippen MR) is 214 cm³/mol. The van der Waals surface area contributed by atoms with Crippen molar-refractivity contribution in [3.05, 3.63) is 204 Å². The fourth-order valence-corrected chi connectivity index (χ4v) is 10.2. The van der Waals surface area contributed by atoms with Gasteiger partial charge in [-0.15, -0.1) is 11.3 Å². The number of benzene rings is 7. The van der Waals surface area contributed by atoms with Gasteiger partial charge in [-0.2, -0.15) is 0 Å². The second-order valence-corrected chi connectivity index (χ2v) is 15.0. The number of fused-ring (bicyclic) bond motifs is 5. The molecule has 10 rings (SSSR count). The number of aromatic nitrogens is 2. The average Bonchev–Trinajstić information content (AvgIpc) is 3.59. The van der Waals surface area contributed by atoms with E-state index >= 15 is 0 Å². The van der Waals surface area contributed by atoms with Gasteiger partial charge in [0.1, 0.15) is 0 Å². The minimum absolute atomic E-state index is 0.526. The fourth-order valence-electron chi connectivity index (χ4n) is 7.79. The van der Waals surface area contributed by atoms with Gasteiger partial charge in [0.15, 0.2) is 5.82 Å². The molecule has 3 heterocycles. The summed E-state index contributed by atoms with van der Waals surface area (Å²) in [4.78, 5) is 13.4. The third-order valence-corrected chi connectivity index (χ3v) is 12.4. The van der Waals surface area contributed by atoms with Crippen LogP contribution in [0.25, 0.3) is 54.1 Å². The van der Waals surface area contributed by atoms with Crippen LogP contribution in [0.15, 0.2) is 192 Å². The van der Waals surface area contributed by atoms with Crippen LogP contribution in [0.4, 0.5) is 0 Å². The smallest absolute Gasteiger partial charge is 0.161 e. The van der Waals surface area contributed by atoms with Crippen LogP contribution >= 0.6 is 23.1 Å². The van der Waals surface area contributed by atoms with Gasteiger partial charge in [0.2, 0.25) is 0 Å². The van der Waals surface area contributed by atoms with Gasteiger partial charge in [-0.1, -0.05) is 176 Å². The summed E-state index contributed by atoms with van der Waals surface area (Å²) in [5.41, 5.74) is 10.9. The largest absolute Gasteiger partial charge is 0.226 e. The number of rotatable bonds is 5. The molecule has 7 aromatic carbocycles. The van der Waals surface area contributed by atoms with Gasteiger partial charge >= 0.3 is 0 Å². The highest BCUT2D eigenvalue weighted by atomic mass is 32.2. The van der Waals surface area contributed by atoms with Crippen molar-refractivity contribution < 1.29 is 0 Å². The molecule has 9 aromatic rings. The van der Waals surface area contributed by atoms with E-state index in [-0.39, 0.29) is 0 Å². The third kappa shape index (κ3) is 4.79. The number of hydrogen-bond donors (Lipinski definition) is 0. The van der Waals surface area contributed by atoms with Crippen LogP contribution in [0.3, 0.4) is 0 Å². The SMILES string of the molecule is c1ccc(-c2cccc(-c3nc(-c4cccc5c4Sc4ccccc4C5(c4ccccc4)c4ccccc4)nc4c3sc3ccccc34)c2)cc1. The first-order chi connectivity index (χ1) is 25.3. The van der Waals surface area contributed by atoms with Gasteiger partial charge in [0, 0.05) is 31.0 Å². The van der Waals surface area contributed by atoms with Crippen molar-refractivity contribution >= 4 is 43.4 Å². The van der Waals surface area contributed by atoms with Crippen molar-refractivity contribution in [1.29, 1.82) is 0 Å². The van der Waals surface area contributed by atoms with Crippen LogP contribution in [0.5, 0.6) is 0 Å². The van der Waals surface area contributed by atoms with E-state index in [1.54, 1.807) is 11.3 Å². The molecule has 0 saturated heterocycles. The molecule has 240 valence electrons. The Morgan fingerprint density at radius 2 is 1.08 bits per heavy atom. The van der Waals surface area contributed by atoms with Crippen molar-refractivity contribution in [2.75, 3.05) is 0 Å². The summed E-state index contributed by atoms with van der Waals surface area (Å²) in [6.45, 7) is 0. The van der Waals surface area contributed by atoms with Gasteiger partial charge in [-0.3, -0.25) is 0 Å². The zero-order valence-corrected chi connectivity index (χ0v) is 29.2. The first-order valence-corrected chi connectivity index (χ1v) is 18.8. The van der Waals surface area contributed by atoms with Crippen molar-refractivity contribution in [2.24, 2.45) is 0 Å². The monoisotopic (exact) mass is 686 g/mol. The summed E-state index contributed by atoms with van der Waals surface area (Å²) in [7, 11) is 0. The second kappa shape index (κ2) is 12.2. The zero-order chi connectivity index (χ0) is 33.8. The molecule has 0 fully saturated rings. The summed E-state index contributed by atoms with van der Waals surface area (Å²) in [5, 5.41) is 1.16. The lowest BCUT2D eigenvalue weighted by molar-refractivity contribution is 0.703. The first kappa shape index (κ1) is 30.1. The molecule has 0 atom stereocenters. The van der Waals surface area contributed by atoms with Gasteiger partial charge in [-0.25, -0.2) is 9.97 Å². The Kier molecular flexibility index (Phi) is 7.19. The highest BCUT2D eigenvalue weighted by Gasteiger charge is 2.45.